The fourth-order valence-corrected chi connectivity index (χ4v) is 4.38. The second kappa shape index (κ2) is 7.41. The van der Waals surface area contributed by atoms with Gasteiger partial charge in [-0.25, -0.2) is 15.0 Å². The maximum Gasteiger partial charge on any atom is 0.131 e. The van der Waals surface area contributed by atoms with Gasteiger partial charge < -0.3 is 9.64 Å². The molecule has 2 aromatic heterocycles. The summed E-state index contributed by atoms with van der Waals surface area (Å²) in [4.78, 5) is 19.0. The van der Waals surface area contributed by atoms with Gasteiger partial charge >= 0.3 is 0 Å². The lowest BCUT2D eigenvalue weighted by Crippen LogP contribution is -2.45. The molecule has 1 saturated heterocycles. The summed E-state index contributed by atoms with van der Waals surface area (Å²) in [6.45, 7) is 8.97. The zero-order valence-corrected chi connectivity index (χ0v) is 16.8. The van der Waals surface area contributed by atoms with E-state index < -0.39 is 0 Å². The molecule has 2 aliphatic heterocycles. The lowest BCUT2D eigenvalue weighted by Gasteiger charge is -2.36. The van der Waals surface area contributed by atoms with E-state index in [9.17, 15) is 0 Å². The number of hydrogen-bond acceptors (Lipinski definition) is 6. The molecular formula is C22H29N5O. The Morgan fingerprint density at radius 3 is 2.61 bits per heavy atom. The van der Waals surface area contributed by atoms with Crippen LogP contribution in [0.3, 0.4) is 0 Å². The summed E-state index contributed by atoms with van der Waals surface area (Å²) in [5.41, 5.74) is 3.81. The summed E-state index contributed by atoms with van der Waals surface area (Å²) in [7, 11) is 0. The van der Waals surface area contributed by atoms with Gasteiger partial charge in [0.05, 0.1) is 12.2 Å². The van der Waals surface area contributed by atoms with Gasteiger partial charge in [-0.05, 0) is 38.3 Å². The normalized spacial score (nSPS) is 25.6. The predicted molar refractivity (Wildman–Crippen MR) is 108 cm³/mol. The Bertz CT molecular complexity index is 825. The highest BCUT2D eigenvalue weighted by Gasteiger charge is 2.28. The van der Waals surface area contributed by atoms with Crippen LogP contribution in [0.25, 0.3) is 0 Å². The molecule has 6 heteroatoms. The highest BCUT2D eigenvalue weighted by molar-refractivity contribution is 5.40. The number of morpholine rings is 1. The van der Waals surface area contributed by atoms with E-state index in [0.29, 0.717) is 5.92 Å². The van der Waals surface area contributed by atoms with Gasteiger partial charge in [-0.15, -0.1) is 0 Å². The Morgan fingerprint density at radius 2 is 1.89 bits per heavy atom. The van der Waals surface area contributed by atoms with Gasteiger partial charge in [-0.3, -0.25) is 4.90 Å². The third kappa shape index (κ3) is 3.89. The van der Waals surface area contributed by atoms with Gasteiger partial charge in [0.25, 0.3) is 0 Å². The molecule has 5 rings (SSSR count). The number of pyridine rings is 1. The van der Waals surface area contributed by atoms with Crippen LogP contribution in [0.4, 0.5) is 5.82 Å². The van der Waals surface area contributed by atoms with Crippen molar-refractivity contribution in [1.29, 1.82) is 0 Å². The van der Waals surface area contributed by atoms with Crippen LogP contribution in [0.2, 0.25) is 0 Å². The molecule has 2 fully saturated rings. The standard InChI is InChI=1S/C22H29N5O/c1-15-11-27(12-16(2)28-15)21-6-3-17(9-23-21)13-26-8-7-20-19(14-26)10-24-22(25-20)18-4-5-18/h3,6,9-10,15-16,18H,4-5,7-8,11-14H2,1-2H3. The SMILES string of the molecule is CC1CN(c2ccc(CN3CCc4nc(C5CC5)ncc4C3)cn2)CC(C)O1. The van der Waals surface area contributed by atoms with E-state index in [4.69, 9.17) is 14.7 Å². The van der Waals surface area contributed by atoms with Crippen molar-refractivity contribution in [2.75, 3.05) is 24.5 Å². The lowest BCUT2D eigenvalue weighted by atomic mass is 10.1. The van der Waals surface area contributed by atoms with Gasteiger partial charge in [0.2, 0.25) is 0 Å². The monoisotopic (exact) mass is 379 g/mol. The Balaban J connectivity index is 1.22. The average Bonchev–Trinajstić information content (AvgIpc) is 3.53. The topological polar surface area (TPSA) is 54.4 Å². The van der Waals surface area contributed by atoms with Crippen LogP contribution in [0.15, 0.2) is 24.5 Å². The molecule has 2 unspecified atom stereocenters. The second-order valence-electron chi connectivity index (χ2n) is 8.62. The number of ether oxygens (including phenoxy) is 1. The lowest BCUT2D eigenvalue weighted by molar-refractivity contribution is -0.00546. The van der Waals surface area contributed by atoms with E-state index in [1.165, 1.54) is 29.7 Å². The van der Waals surface area contributed by atoms with Crippen molar-refractivity contribution in [1.82, 2.24) is 19.9 Å². The molecule has 2 atom stereocenters. The molecule has 2 aromatic rings. The van der Waals surface area contributed by atoms with E-state index in [1.54, 1.807) is 0 Å². The fraction of sp³-hybridized carbons (Fsp3) is 0.591. The Morgan fingerprint density at radius 1 is 1.07 bits per heavy atom. The number of hydrogen-bond donors (Lipinski definition) is 0. The molecule has 0 N–H and O–H groups in total. The molecule has 0 spiro atoms. The Labute approximate surface area is 167 Å². The van der Waals surface area contributed by atoms with E-state index >= 15 is 0 Å². The van der Waals surface area contributed by atoms with Gasteiger partial charge in [-0.1, -0.05) is 6.07 Å². The van der Waals surface area contributed by atoms with E-state index in [-0.39, 0.29) is 12.2 Å². The van der Waals surface area contributed by atoms with E-state index in [1.807, 2.05) is 6.20 Å². The predicted octanol–water partition coefficient (Wildman–Crippen LogP) is 2.92. The van der Waals surface area contributed by atoms with E-state index in [0.717, 1.165) is 50.8 Å². The summed E-state index contributed by atoms with van der Waals surface area (Å²) < 4.78 is 5.83. The maximum absolute atomic E-state index is 5.83. The van der Waals surface area contributed by atoms with Crippen molar-refractivity contribution in [3.05, 3.63) is 47.2 Å². The summed E-state index contributed by atoms with van der Waals surface area (Å²) in [6, 6.07) is 4.37. The molecule has 1 saturated carbocycles. The summed E-state index contributed by atoms with van der Waals surface area (Å²) >= 11 is 0. The van der Waals surface area contributed by atoms with Crippen LogP contribution in [-0.4, -0.2) is 51.7 Å². The fourth-order valence-electron chi connectivity index (χ4n) is 4.38. The summed E-state index contributed by atoms with van der Waals surface area (Å²) in [5.74, 6) is 2.75. The molecular weight excluding hydrogens is 350 g/mol. The third-order valence-electron chi connectivity index (χ3n) is 5.93. The van der Waals surface area contributed by atoms with Crippen LogP contribution in [-0.2, 0) is 24.2 Å². The zero-order valence-electron chi connectivity index (χ0n) is 16.8. The van der Waals surface area contributed by atoms with Crippen molar-refractivity contribution in [2.24, 2.45) is 0 Å². The molecule has 0 aromatic carbocycles. The van der Waals surface area contributed by atoms with Crippen LogP contribution >= 0.6 is 0 Å². The molecule has 148 valence electrons. The number of fused-ring (bicyclic) bond motifs is 1. The van der Waals surface area contributed by atoms with Crippen LogP contribution < -0.4 is 4.90 Å². The van der Waals surface area contributed by atoms with Gasteiger partial charge in [-0.2, -0.15) is 0 Å². The van der Waals surface area contributed by atoms with Crippen LogP contribution in [0, 0.1) is 0 Å². The van der Waals surface area contributed by atoms with Crippen molar-refractivity contribution >= 4 is 5.82 Å². The molecule has 4 heterocycles. The molecule has 28 heavy (non-hydrogen) atoms. The number of nitrogens with zero attached hydrogens (tertiary/aromatic N) is 5. The van der Waals surface area contributed by atoms with Crippen LogP contribution in [0.1, 0.15) is 55.3 Å². The molecule has 6 nitrogen and oxygen atoms in total. The minimum atomic E-state index is 0.251. The third-order valence-corrected chi connectivity index (χ3v) is 5.93. The molecule has 0 radical (unpaired) electrons. The maximum atomic E-state index is 5.83. The molecule has 0 bridgehead atoms. The van der Waals surface area contributed by atoms with Crippen molar-refractivity contribution < 1.29 is 4.74 Å². The molecule has 3 aliphatic rings. The Kier molecular flexibility index (Phi) is 4.77. The van der Waals surface area contributed by atoms with Gasteiger partial charge in [0, 0.05) is 68.7 Å². The smallest absolute Gasteiger partial charge is 0.131 e. The highest BCUT2D eigenvalue weighted by atomic mass is 16.5. The first-order valence-electron chi connectivity index (χ1n) is 10.6. The minimum absolute atomic E-state index is 0.251. The second-order valence-corrected chi connectivity index (χ2v) is 8.62. The first kappa shape index (κ1) is 18.0. The first-order valence-corrected chi connectivity index (χ1v) is 10.6. The summed E-state index contributed by atoms with van der Waals surface area (Å²) in [5, 5.41) is 0. The zero-order chi connectivity index (χ0) is 19.1. The van der Waals surface area contributed by atoms with Crippen molar-refractivity contribution in [3.8, 4) is 0 Å². The molecule has 0 amide bonds. The average molecular weight is 380 g/mol. The minimum Gasteiger partial charge on any atom is -0.372 e. The van der Waals surface area contributed by atoms with Crippen molar-refractivity contribution in [3.63, 3.8) is 0 Å². The first-order chi connectivity index (χ1) is 13.6. The number of rotatable bonds is 4. The Hall–Kier alpha value is -2.05. The number of aromatic nitrogens is 3. The number of anilines is 1. The quantitative estimate of drug-likeness (QED) is 0.814. The van der Waals surface area contributed by atoms with E-state index in [2.05, 4.69) is 47.0 Å². The van der Waals surface area contributed by atoms with Gasteiger partial charge in [0.15, 0.2) is 0 Å². The summed E-state index contributed by atoms with van der Waals surface area (Å²) in [6.07, 6.45) is 8.13. The highest BCUT2D eigenvalue weighted by Crippen LogP contribution is 2.38. The largest absolute Gasteiger partial charge is 0.372 e. The van der Waals surface area contributed by atoms with Gasteiger partial charge in [0.1, 0.15) is 11.6 Å². The van der Waals surface area contributed by atoms with Crippen molar-refractivity contribution in [2.45, 2.75) is 64.3 Å². The van der Waals surface area contributed by atoms with Crippen LogP contribution in [0.5, 0.6) is 0 Å². The molecule has 1 aliphatic carbocycles.